The van der Waals surface area contributed by atoms with Gasteiger partial charge in [0.15, 0.2) is 0 Å². The molecule has 0 fully saturated rings. The van der Waals surface area contributed by atoms with Crippen LogP contribution in [0.2, 0.25) is 5.02 Å². The van der Waals surface area contributed by atoms with Crippen LogP contribution in [0.4, 0.5) is 4.39 Å². The zero-order chi connectivity index (χ0) is 19.2. The lowest BCUT2D eigenvalue weighted by molar-refractivity contribution is 0.629. The Balaban J connectivity index is 1.74. The van der Waals surface area contributed by atoms with Gasteiger partial charge in [-0.1, -0.05) is 92.5 Å². The highest BCUT2D eigenvalue weighted by atomic mass is 35.5. The molecule has 0 heterocycles. The van der Waals surface area contributed by atoms with Crippen molar-refractivity contribution >= 4 is 11.6 Å². The topological polar surface area (TPSA) is 0 Å². The predicted octanol–water partition coefficient (Wildman–Crippen LogP) is 7.45. The van der Waals surface area contributed by atoms with Gasteiger partial charge in [-0.3, -0.25) is 0 Å². The third kappa shape index (κ3) is 4.78. The highest BCUT2D eigenvalue weighted by Gasteiger charge is 2.13. The molecule has 0 spiro atoms. The minimum atomic E-state index is -0.322. The first-order chi connectivity index (χ1) is 13.1. The minimum Gasteiger partial charge on any atom is -0.205 e. The van der Waals surface area contributed by atoms with Gasteiger partial charge in [0.1, 0.15) is 5.82 Å². The van der Waals surface area contributed by atoms with E-state index in [0.29, 0.717) is 5.56 Å². The molecule has 2 heteroatoms. The SMILES string of the molecule is CCCc1ccc(CCc2ccc(-c3ccc(CC)cc3)c(F)c2Cl)cc1. The summed E-state index contributed by atoms with van der Waals surface area (Å²) in [5.41, 5.74) is 6.15. The summed E-state index contributed by atoms with van der Waals surface area (Å²) in [7, 11) is 0. The molecule has 0 radical (unpaired) electrons. The second-order valence-corrected chi connectivity index (χ2v) is 7.40. The molecule has 0 aliphatic rings. The molecule has 3 aromatic carbocycles. The summed E-state index contributed by atoms with van der Waals surface area (Å²) >= 11 is 6.36. The van der Waals surface area contributed by atoms with Crippen LogP contribution in [0.25, 0.3) is 11.1 Å². The number of halogens is 2. The lowest BCUT2D eigenvalue weighted by atomic mass is 9.98. The van der Waals surface area contributed by atoms with Crippen molar-refractivity contribution in [1.29, 1.82) is 0 Å². The molecular weight excluding hydrogens is 355 g/mol. The van der Waals surface area contributed by atoms with E-state index >= 15 is 0 Å². The van der Waals surface area contributed by atoms with Gasteiger partial charge in [-0.15, -0.1) is 0 Å². The van der Waals surface area contributed by atoms with Crippen LogP contribution >= 0.6 is 11.6 Å². The molecule has 0 atom stereocenters. The largest absolute Gasteiger partial charge is 0.205 e. The third-order valence-corrected chi connectivity index (χ3v) is 5.49. The molecule has 140 valence electrons. The van der Waals surface area contributed by atoms with Crippen LogP contribution in [0.5, 0.6) is 0 Å². The van der Waals surface area contributed by atoms with Crippen molar-refractivity contribution in [2.75, 3.05) is 0 Å². The van der Waals surface area contributed by atoms with Crippen molar-refractivity contribution in [1.82, 2.24) is 0 Å². The van der Waals surface area contributed by atoms with Gasteiger partial charge in [0.2, 0.25) is 0 Å². The third-order valence-electron chi connectivity index (χ3n) is 5.08. The number of hydrogen-bond donors (Lipinski definition) is 0. The van der Waals surface area contributed by atoms with Crippen molar-refractivity contribution in [3.63, 3.8) is 0 Å². The minimum absolute atomic E-state index is 0.245. The first-order valence-electron chi connectivity index (χ1n) is 9.76. The van der Waals surface area contributed by atoms with E-state index in [4.69, 9.17) is 11.6 Å². The number of aryl methyl sites for hydroxylation is 4. The molecule has 27 heavy (non-hydrogen) atoms. The van der Waals surface area contributed by atoms with Crippen molar-refractivity contribution in [3.05, 3.63) is 93.8 Å². The molecule has 3 rings (SSSR count). The molecule has 0 N–H and O–H groups in total. The molecule has 0 amide bonds. The summed E-state index contributed by atoms with van der Waals surface area (Å²) < 4.78 is 14.9. The maximum absolute atomic E-state index is 14.9. The van der Waals surface area contributed by atoms with Gasteiger partial charge in [-0.05, 0) is 53.5 Å². The van der Waals surface area contributed by atoms with E-state index < -0.39 is 0 Å². The van der Waals surface area contributed by atoms with Crippen molar-refractivity contribution in [3.8, 4) is 11.1 Å². The van der Waals surface area contributed by atoms with Crippen molar-refractivity contribution < 1.29 is 4.39 Å². The zero-order valence-corrected chi connectivity index (χ0v) is 16.8. The highest BCUT2D eigenvalue weighted by Crippen LogP contribution is 2.31. The summed E-state index contributed by atoms with van der Waals surface area (Å²) in [4.78, 5) is 0. The van der Waals surface area contributed by atoms with Crippen LogP contribution in [0.15, 0.2) is 60.7 Å². The Labute approximate surface area is 167 Å². The average molecular weight is 381 g/mol. The van der Waals surface area contributed by atoms with Crippen LogP contribution < -0.4 is 0 Å². The van der Waals surface area contributed by atoms with Crippen LogP contribution in [-0.2, 0) is 25.7 Å². The summed E-state index contributed by atoms with van der Waals surface area (Å²) in [6, 6.07) is 20.5. The van der Waals surface area contributed by atoms with Gasteiger partial charge < -0.3 is 0 Å². The van der Waals surface area contributed by atoms with E-state index in [1.165, 1.54) is 16.7 Å². The van der Waals surface area contributed by atoms with Crippen LogP contribution in [0, 0.1) is 5.82 Å². The van der Waals surface area contributed by atoms with Crippen LogP contribution in [-0.4, -0.2) is 0 Å². The molecule has 0 aliphatic heterocycles. The fourth-order valence-corrected chi connectivity index (χ4v) is 3.63. The van der Waals surface area contributed by atoms with Crippen LogP contribution in [0.1, 0.15) is 42.5 Å². The lowest BCUT2D eigenvalue weighted by Gasteiger charge is -2.11. The molecule has 0 aromatic heterocycles. The standard InChI is InChI=1S/C25H26ClF/c1-3-5-19-6-8-20(9-7-19)12-15-22-16-17-23(25(27)24(22)26)21-13-10-18(4-2)11-14-21/h6-11,13-14,16-17H,3-5,12,15H2,1-2H3. The van der Waals surface area contributed by atoms with Crippen molar-refractivity contribution in [2.45, 2.75) is 46.0 Å². The molecule has 0 saturated carbocycles. The molecule has 0 nitrogen and oxygen atoms in total. The molecular formula is C25H26ClF. The second-order valence-electron chi connectivity index (χ2n) is 7.02. The Morgan fingerprint density at radius 3 is 1.89 bits per heavy atom. The Bertz CT molecular complexity index is 879. The maximum atomic E-state index is 14.9. The fraction of sp³-hybridized carbons (Fsp3) is 0.280. The molecule has 0 aliphatic carbocycles. The van der Waals surface area contributed by atoms with Gasteiger partial charge in [-0.25, -0.2) is 4.39 Å². The maximum Gasteiger partial charge on any atom is 0.149 e. The summed E-state index contributed by atoms with van der Waals surface area (Å²) in [6.45, 7) is 4.30. The summed E-state index contributed by atoms with van der Waals surface area (Å²) in [5, 5.41) is 0.245. The molecule has 0 unspecified atom stereocenters. The first kappa shape index (κ1) is 19.6. The van der Waals surface area contributed by atoms with Gasteiger partial charge in [0, 0.05) is 5.56 Å². The van der Waals surface area contributed by atoms with Gasteiger partial charge >= 0.3 is 0 Å². The zero-order valence-electron chi connectivity index (χ0n) is 16.1. The summed E-state index contributed by atoms with van der Waals surface area (Å²) in [6.07, 6.45) is 4.83. The van der Waals surface area contributed by atoms with Gasteiger partial charge in [0.05, 0.1) is 5.02 Å². The quantitative estimate of drug-likeness (QED) is 0.399. The molecule has 3 aromatic rings. The predicted molar refractivity (Wildman–Crippen MR) is 114 cm³/mol. The fourth-order valence-electron chi connectivity index (χ4n) is 3.37. The Morgan fingerprint density at radius 1 is 0.704 bits per heavy atom. The van der Waals surface area contributed by atoms with E-state index in [-0.39, 0.29) is 10.8 Å². The number of hydrogen-bond acceptors (Lipinski definition) is 0. The number of benzene rings is 3. The Kier molecular flexibility index (Phi) is 6.68. The van der Waals surface area contributed by atoms with E-state index in [1.807, 2.05) is 36.4 Å². The monoisotopic (exact) mass is 380 g/mol. The smallest absolute Gasteiger partial charge is 0.149 e. The van der Waals surface area contributed by atoms with E-state index in [9.17, 15) is 4.39 Å². The normalized spacial score (nSPS) is 11.0. The first-order valence-corrected chi connectivity index (χ1v) is 10.1. The van der Waals surface area contributed by atoms with E-state index in [0.717, 1.165) is 43.2 Å². The lowest BCUT2D eigenvalue weighted by Crippen LogP contribution is -1.96. The van der Waals surface area contributed by atoms with Crippen LogP contribution in [0.3, 0.4) is 0 Å². The number of rotatable bonds is 7. The van der Waals surface area contributed by atoms with Gasteiger partial charge in [-0.2, -0.15) is 0 Å². The average Bonchev–Trinajstić information content (AvgIpc) is 2.71. The Morgan fingerprint density at radius 2 is 1.30 bits per heavy atom. The summed E-state index contributed by atoms with van der Waals surface area (Å²) in [5.74, 6) is -0.322. The molecule has 0 saturated heterocycles. The Hall–Kier alpha value is -2.12. The van der Waals surface area contributed by atoms with E-state index in [2.05, 4.69) is 38.1 Å². The van der Waals surface area contributed by atoms with E-state index in [1.54, 1.807) is 0 Å². The second kappa shape index (κ2) is 9.19. The van der Waals surface area contributed by atoms with Gasteiger partial charge in [0.25, 0.3) is 0 Å². The molecule has 0 bridgehead atoms. The van der Waals surface area contributed by atoms with Crippen molar-refractivity contribution in [2.24, 2.45) is 0 Å². The highest BCUT2D eigenvalue weighted by molar-refractivity contribution is 6.31.